The lowest BCUT2D eigenvalue weighted by Crippen LogP contribution is -2.30. The first-order chi connectivity index (χ1) is 12.1. The molecule has 0 bridgehead atoms. The van der Waals surface area contributed by atoms with E-state index in [9.17, 15) is 4.79 Å². The molecule has 130 valence electrons. The zero-order chi connectivity index (χ0) is 17.6. The second-order valence-electron chi connectivity index (χ2n) is 5.76. The molecule has 3 nitrogen and oxygen atoms in total. The summed E-state index contributed by atoms with van der Waals surface area (Å²) in [6.45, 7) is 4.63. The lowest BCUT2D eigenvalue weighted by atomic mass is 10.2. The van der Waals surface area contributed by atoms with E-state index in [-0.39, 0.29) is 11.2 Å². The first-order valence-corrected chi connectivity index (χ1v) is 10.9. The highest BCUT2D eigenvalue weighted by Gasteiger charge is 2.14. The number of nitrogens with zero attached hydrogens (tertiary/aromatic N) is 1. The van der Waals surface area contributed by atoms with E-state index < -0.39 is 0 Å². The largest absolute Gasteiger partial charge is 0.350 e. The number of hydrogen-bond acceptors (Lipinski definition) is 5. The van der Waals surface area contributed by atoms with Crippen LogP contribution in [0, 0.1) is 6.92 Å². The van der Waals surface area contributed by atoms with Crippen molar-refractivity contribution in [1.29, 1.82) is 0 Å². The standard InChI is InChI=1S/C19H20N2OS3/c1-13-5-7-15(8-6-13)19-21-16(12-25-19)11-24-14(2)18(22)20-10-17-4-3-9-23-17/h3-9,12,14H,10-11H2,1-2H3,(H,20,22)/t14-/m1/s1. The van der Waals surface area contributed by atoms with Crippen molar-refractivity contribution in [3.8, 4) is 10.6 Å². The Bertz CT molecular complexity index is 810. The van der Waals surface area contributed by atoms with Gasteiger partial charge in [0.15, 0.2) is 0 Å². The summed E-state index contributed by atoms with van der Waals surface area (Å²) in [4.78, 5) is 18.0. The number of hydrogen-bond donors (Lipinski definition) is 1. The lowest BCUT2D eigenvalue weighted by Gasteiger charge is -2.10. The molecular weight excluding hydrogens is 368 g/mol. The van der Waals surface area contributed by atoms with Crippen LogP contribution in [0.2, 0.25) is 0 Å². The molecule has 0 saturated heterocycles. The van der Waals surface area contributed by atoms with Crippen molar-refractivity contribution in [2.75, 3.05) is 0 Å². The molecule has 6 heteroatoms. The minimum atomic E-state index is -0.0931. The van der Waals surface area contributed by atoms with Gasteiger partial charge >= 0.3 is 0 Å². The summed E-state index contributed by atoms with van der Waals surface area (Å²) in [6, 6.07) is 12.4. The number of aromatic nitrogens is 1. The summed E-state index contributed by atoms with van der Waals surface area (Å²) in [5, 5.41) is 8.03. The van der Waals surface area contributed by atoms with Gasteiger partial charge in [0.2, 0.25) is 5.91 Å². The molecule has 1 amide bonds. The van der Waals surface area contributed by atoms with Gasteiger partial charge in [-0.3, -0.25) is 4.79 Å². The number of thiophene rings is 1. The van der Waals surface area contributed by atoms with Crippen molar-refractivity contribution in [1.82, 2.24) is 10.3 Å². The van der Waals surface area contributed by atoms with Crippen LogP contribution in [-0.4, -0.2) is 16.1 Å². The fraction of sp³-hybridized carbons (Fsp3) is 0.263. The molecule has 1 atom stereocenters. The zero-order valence-electron chi connectivity index (χ0n) is 14.2. The van der Waals surface area contributed by atoms with E-state index in [0.29, 0.717) is 6.54 Å². The number of amides is 1. The van der Waals surface area contributed by atoms with Gasteiger partial charge in [-0.2, -0.15) is 0 Å². The summed E-state index contributed by atoms with van der Waals surface area (Å²) in [6.07, 6.45) is 0. The number of nitrogens with one attached hydrogen (secondary N) is 1. The minimum absolute atomic E-state index is 0.0763. The number of thioether (sulfide) groups is 1. The Morgan fingerprint density at radius 1 is 1.24 bits per heavy atom. The second kappa shape index (κ2) is 8.65. The molecule has 0 fully saturated rings. The van der Waals surface area contributed by atoms with Gasteiger partial charge in [-0.1, -0.05) is 35.9 Å². The molecule has 0 aliphatic rings. The molecule has 0 aliphatic heterocycles. The number of benzene rings is 1. The zero-order valence-corrected chi connectivity index (χ0v) is 16.6. The normalized spacial score (nSPS) is 12.1. The monoisotopic (exact) mass is 388 g/mol. The Hall–Kier alpha value is -1.63. The average Bonchev–Trinajstić information content (AvgIpc) is 3.30. The molecular formula is C19H20N2OS3. The van der Waals surface area contributed by atoms with Crippen molar-refractivity contribution in [3.63, 3.8) is 0 Å². The van der Waals surface area contributed by atoms with Gasteiger partial charge in [-0.05, 0) is 25.3 Å². The average molecular weight is 389 g/mol. The second-order valence-corrected chi connectivity index (χ2v) is 8.98. The van der Waals surface area contributed by atoms with E-state index in [2.05, 4.69) is 41.9 Å². The van der Waals surface area contributed by atoms with Gasteiger partial charge in [0, 0.05) is 21.6 Å². The topological polar surface area (TPSA) is 42.0 Å². The molecule has 2 aromatic heterocycles. The number of aryl methyl sites for hydroxylation is 1. The van der Waals surface area contributed by atoms with Gasteiger partial charge in [0.25, 0.3) is 0 Å². The van der Waals surface area contributed by atoms with Gasteiger partial charge in [-0.25, -0.2) is 4.98 Å². The maximum atomic E-state index is 12.2. The van der Waals surface area contributed by atoms with Crippen molar-refractivity contribution in [2.45, 2.75) is 31.4 Å². The van der Waals surface area contributed by atoms with Crippen molar-refractivity contribution in [2.24, 2.45) is 0 Å². The number of rotatable bonds is 7. The summed E-state index contributed by atoms with van der Waals surface area (Å²) < 4.78 is 0. The van der Waals surface area contributed by atoms with E-state index in [4.69, 9.17) is 4.98 Å². The van der Waals surface area contributed by atoms with Crippen LogP contribution in [0.25, 0.3) is 10.6 Å². The van der Waals surface area contributed by atoms with E-state index in [1.165, 1.54) is 10.4 Å². The fourth-order valence-corrected chi connectivity index (χ4v) is 4.60. The molecule has 0 aliphatic carbocycles. The maximum absolute atomic E-state index is 12.2. The Morgan fingerprint density at radius 2 is 2.04 bits per heavy atom. The molecule has 25 heavy (non-hydrogen) atoms. The Kier molecular flexibility index (Phi) is 6.29. The Balaban J connectivity index is 1.49. The van der Waals surface area contributed by atoms with E-state index in [0.717, 1.165) is 22.0 Å². The fourth-order valence-electron chi connectivity index (χ4n) is 2.22. The molecule has 1 N–H and O–H groups in total. The van der Waals surface area contributed by atoms with Gasteiger partial charge in [0.1, 0.15) is 5.01 Å². The smallest absolute Gasteiger partial charge is 0.233 e. The molecule has 1 aromatic carbocycles. The third-order valence-electron chi connectivity index (χ3n) is 3.72. The SMILES string of the molecule is Cc1ccc(-c2nc(CS[C@H](C)C(=O)NCc3cccs3)cs2)cc1. The third kappa shape index (κ3) is 5.17. The van der Waals surface area contributed by atoms with Crippen LogP contribution in [0.1, 0.15) is 23.1 Å². The van der Waals surface area contributed by atoms with Crippen LogP contribution in [0.3, 0.4) is 0 Å². The molecule has 3 aromatic rings. The highest BCUT2D eigenvalue weighted by Crippen LogP contribution is 2.26. The number of carbonyl (C=O) groups is 1. The van der Waals surface area contributed by atoms with Crippen molar-refractivity contribution < 1.29 is 4.79 Å². The summed E-state index contributed by atoms with van der Waals surface area (Å²) in [5.74, 6) is 0.822. The molecule has 0 unspecified atom stereocenters. The lowest BCUT2D eigenvalue weighted by molar-refractivity contribution is -0.120. The van der Waals surface area contributed by atoms with E-state index in [1.54, 1.807) is 34.4 Å². The van der Waals surface area contributed by atoms with E-state index in [1.807, 2.05) is 24.4 Å². The highest BCUT2D eigenvalue weighted by atomic mass is 32.2. The van der Waals surface area contributed by atoms with E-state index >= 15 is 0 Å². The van der Waals surface area contributed by atoms with Gasteiger partial charge in [-0.15, -0.1) is 34.4 Å². The van der Waals surface area contributed by atoms with Crippen LogP contribution < -0.4 is 5.32 Å². The molecule has 3 rings (SSSR count). The number of carbonyl (C=O) groups excluding carboxylic acids is 1. The number of thiazole rings is 1. The first kappa shape index (κ1) is 18.2. The van der Waals surface area contributed by atoms with Crippen LogP contribution in [-0.2, 0) is 17.1 Å². The predicted octanol–water partition coefficient (Wildman–Crippen LogP) is 5.12. The molecule has 0 radical (unpaired) electrons. The van der Waals surface area contributed by atoms with Crippen LogP contribution in [0.15, 0.2) is 47.2 Å². The van der Waals surface area contributed by atoms with Crippen LogP contribution in [0.5, 0.6) is 0 Å². The summed E-state index contributed by atoms with van der Waals surface area (Å²) in [7, 11) is 0. The third-order valence-corrected chi connectivity index (χ3v) is 6.71. The summed E-state index contributed by atoms with van der Waals surface area (Å²) >= 11 is 4.93. The van der Waals surface area contributed by atoms with Crippen LogP contribution >= 0.6 is 34.4 Å². The highest BCUT2D eigenvalue weighted by molar-refractivity contribution is 7.99. The maximum Gasteiger partial charge on any atom is 0.233 e. The molecule has 2 heterocycles. The quantitative estimate of drug-likeness (QED) is 0.611. The van der Waals surface area contributed by atoms with Crippen molar-refractivity contribution >= 4 is 40.3 Å². The van der Waals surface area contributed by atoms with Gasteiger partial charge < -0.3 is 5.32 Å². The first-order valence-electron chi connectivity index (χ1n) is 8.05. The Labute approximate surface area is 160 Å². The van der Waals surface area contributed by atoms with Crippen LogP contribution in [0.4, 0.5) is 0 Å². The Morgan fingerprint density at radius 3 is 2.76 bits per heavy atom. The minimum Gasteiger partial charge on any atom is -0.350 e. The predicted molar refractivity (Wildman–Crippen MR) is 109 cm³/mol. The molecule has 0 saturated carbocycles. The summed E-state index contributed by atoms with van der Waals surface area (Å²) in [5.41, 5.74) is 3.43. The molecule has 0 spiro atoms. The van der Waals surface area contributed by atoms with Gasteiger partial charge in [0.05, 0.1) is 17.5 Å². The van der Waals surface area contributed by atoms with Crippen molar-refractivity contribution in [3.05, 3.63) is 63.3 Å².